The molecule has 4 aromatic rings. The number of para-hydroxylation sites is 1. The monoisotopic (exact) mass is 406 g/mol. The Morgan fingerprint density at radius 2 is 1.76 bits per heavy atom. The SMILES string of the molecule is Cc1cc(C(=O)NNC(=O)c2cc(-c3cccs3)nn2-c2ccccc2)c(C)o1. The normalized spacial score (nSPS) is 10.7. The van der Waals surface area contributed by atoms with Gasteiger partial charge in [-0.25, -0.2) is 4.68 Å². The van der Waals surface area contributed by atoms with Crippen LogP contribution in [0.2, 0.25) is 0 Å². The van der Waals surface area contributed by atoms with Crippen LogP contribution in [0.25, 0.3) is 16.3 Å². The summed E-state index contributed by atoms with van der Waals surface area (Å²) in [6.45, 7) is 3.45. The van der Waals surface area contributed by atoms with Gasteiger partial charge in [0.05, 0.1) is 16.1 Å². The Morgan fingerprint density at radius 1 is 1.00 bits per heavy atom. The van der Waals surface area contributed by atoms with Crippen LogP contribution in [-0.2, 0) is 0 Å². The van der Waals surface area contributed by atoms with E-state index in [4.69, 9.17) is 4.42 Å². The zero-order valence-corrected chi connectivity index (χ0v) is 16.6. The van der Waals surface area contributed by atoms with Crippen LogP contribution in [0.5, 0.6) is 0 Å². The van der Waals surface area contributed by atoms with Crippen LogP contribution in [0.15, 0.2) is 64.4 Å². The zero-order valence-electron chi connectivity index (χ0n) is 15.8. The summed E-state index contributed by atoms with van der Waals surface area (Å²) in [6.07, 6.45) is 0. The fourth-order valence-corrected chi connectivity index (χ4v) is 3.64. The maximum absolute atomic E-state index is 12.8. The highest BCUT2D eigenvalue weighted by atomic mass is 32.1. The number of carbonyl (C=O) groups excluding carboxylic acids is 2. The summed E-state index contributed by atoms with van der Waals surface area (Å²) in [4.78, 5) is 26.1. The van der Waals surface area contributed by atoms with Crippen molar-refractivity contribution in [3.8, 4) is 16.3 Å². The van der Waals surface area contributed by atoms with Gasteiger partial charge in [0, 0.05) is 0 Å². The lowest BCUT2D eigenvalue weighted by atomic mass is 10.2. The van der Waals surface area contributed by atoms with Gasteiger partial charge in [-0.3, -0.25) is 20.4 Å². The van der Waals surface area contributed by atoms with Gasteiger partial charge in [-0.05, 0) is 49.6 Å². The zero-order chi connectivity index (χ0) is 20.4. The van der Waals surface area contributed by atoms with Crippen molar-refractivity contribution in [3.63, 3.8) is 0 Å². The summed E-state index contributed by atoms with van der Waals surface area (Å²) in [6, 6.07) is 16.5. The number of amides is 2. The Balaban J connectivity index is 1.60. The number of hydrogen-bond donors (Lipinski definition) is 2. The summed E-state index contributed by atoms with van der Waals surface area (Å²) in [5, 5.41) is 6.54. The number of aromatic nitrogens is 2. The van der Waals surface area contributed by atoms with Gasteiger partial charge in [0.25, 0.3) is 11.8 Å². The number of rotatable bonds is 4. The molecular formula is C21H18N4O3S. The lowest BCUT2D eigenvalue weighted by Gasteiger charge is -2.09. The predicted octanol–water partition coefficient (Wildman–Crippen LogP) is 3.89. The topological polar surface area (TPSA) is 89.2 Å². The first-order valence-corrected chi connectivity index (χ1v) is 9.78. The minimum atomic E-state index is -0.477. The van der Waals surface area contributed by atoms with Crippen molar-refractivity contribution >= 4 is 23.2 Å². The largest absolute Gasteiger partial charge is 0.466 e. The van der Waals surface area contributed by atoms with Gasteiger partial charge in [0.15, 0.2) is 0 Å². The second-order valence-corrected chi connectivity index (χ2v) is 7.32. The van der Waals surface area contributed by atoms with Crippen molar-refractivity contribution in [3.05, 3.63) is 82.8 Å². The first kappa shape index (κ1) is 18.7. The number of aryl methyl sites for hydroxylation is 2. The second-order valence-electron chi connectivity index (χ2n) is 6.37. The van der Waals surface area contributed by atoms with Crippen LogP contribution in [0.1, 0.15) is 32.4 Å². The molecular weight excluding hydrogens is 388 g/mol. The number of carbonyl (C=O) groups is 2. The van der Waals surface area contributed by atoms with E-state index in [0.29, 0.717) is 28.5 Å². The maximum atomic E-state index is 12.8. The molecule has 1 aromatic carbocycles. The Morgan fingerprint density at radius 3 is 2.41 bits per heavy atom. The summed E-state index contributed by atoms with van der Waals surface area (Å²) < 4.78 is 6.92. The Labute approximate surface area is 170 Å². The molecule has 0 saturated heterocycles. The van der Waals surface area contributed by atoms with E-state index >= 15 is 0 Å². The maximum Gasteiger partial charge on any atom is 0.288 e. The van der Waals surface area contributed by atoms with E-state index < -0.39 is 11.8 Å². The molecule has 3 heterocycles. The Hall–Kier alpha value is -3.65. The molecule has 0 spiro atoms. The first-order valence-electron chi connectivity index (χ1n) is 8.90. The third kappa shape index (κ3) is 3.83. The van der Waals surface area contributed by atoms with E-state index in [1.165, 1.54) is 11.3 Å². The molecule has 0 atom stereocenters. The Bertz CT molecular complexity index is 1160. The highest BCUT2D eigenvalue weighted by Gasteiger charge is 2.20. The summed E-state index contributed by atoms with van der Waals surface area (Å²) in [5.74, 6) is 0.192. The number of furan rings is 1. The van der Waals surface area contributed by atoms with Crippen molar-refractivity contribution in [1.82, 2.24) is 20.6 Å². The molecule has 3 aromatic heterocycles. The highest BCUT2D eigenvalue weighted by Crippen LogP contribution is 2.25. The van der Waals surface area contributed by atoms with Crippen molar-refractivity contribution in [2.45, 2.75) is 13.8 Å². The van der Waals surface area contributed by atoms with Gasteiger partial charge in [-0.1, -0.05) is 24.3 Å². The number of hydrogen-bond acceptors (Lipinski definition) is 5. The third-order valence-electron chi connectivity index (χ3n) is 4.29. The molecule has 146 valence electrons. The first-order chi connectivity index (χ1) is 14.0. The number of thiophene rings is 1. The van der Waals surface area contributed by atoms with Crippen molar-refractivity contribution in [2.24, 2.45) is 0 Å². The van der Waals surface area contributed by atoms with Gasteiger partial charge in [-0.15, -0.1) is 11.3 Å². The van der Waals surface area contributed by atoms with Crippen LogP contribution < -0.4 is 10.9 Å². The van der Waals surface area contributed by atoms with Crippen LogP contribution in [-0.4, -0.2) is 21.6 Å². The highest BCUT2D eigenvalue weighted by molar-refractivity contribution is 7.13. The number of hydrazine groups is 1. The van der Waals surface area contributed by atoms with Crippen molar-refractivity contribution in [2.75, 3.05) is 0 Å². The van der Waals surface area contributed by atoms with Crippen LogP contribution in [0.3, 0.4) is 0 Å². The van der Waals surface area contributed by atoms with E-state index in [1.54, 1.807) is 30.7 Å². The molecule has 4 rings (SSSR count). The molecule has 0 aliphatic carbocycles. The Kier molecular flexibility index (Phi) is 5.01. The molecule has 29 heavy (non-hydrogen) atoms. The minimum absolute atomic E-state index is 0.306. The van der Waals surface area contributed by atoms with Gasteiger partial charge in [-0.2, -0.15) is 5.10 Å². The fraction of sp³-hybridized carbons (Fsp3) is 0.0952. The molecule has 7 nitrogen and oxygen atoms in total. The van der Waals surface area contributed by atoms with Crippen LogP contribution in [0, 0.1) is 13.8 Å². The standard InChI is InChI=1S/C21H18N4O3S/c1-13-11-16(14(2)28-13)20(26)22-23-21(27)18-12-17(19-9-6-10-29-19)24-25(18)15-7-4-3-5-8-15/h3-12H,1-2H3,(H,22,26)(H,23,27). The summed E-state index contributed by atoms with van der Waals surface area (Å²) in [5.41, 5.74) is 7.01. The molecule has 8 heteroatoms. The van der Waals surface area contributed by atoms with Gasteiger partial charge in [0.1, 0.15) is 22.9 Å². The van der Waals surface area contributed by atoms with Gasteiger partial charge < -0.3 is 4.42 Å². The van der Waals surface area contributed by atoms with Crippen LogP contribution in [0.4, 0.5) is 0 Å². The average molecular weight is 406 g/mol. The third-order valence-corrected chi connectivity index (χ3v) is 5.18. The number of nitrogens with one attached hydrogen (secondary N) is 2. The van der Waals surface area contributed by atoms with E-state index in [2.05, 4.69) is 16.0 Å². The van der Waals surface area contributed by atoms with Gasteiger partial charge in [0.2, 0.25) is 0 Å². The predicted molar refractivity (Wildman–Crippen MR) is 110 cm³/mol. The smallest absolute Gasteiger partial charge is 0.288 e. The molecule has 2 N–H and O–H groups in total. The lowest BCUT2D eigenvalue weighted by Crippen LogP contribution is -2.42. The van der Waals surface area contributed by atoms with Crippen molar-refractivity contribution < 1.29 is 14.0 Å². The molecule has 0 bridgehead atoms. The minimum Gasteiger partial charge on any atom is -0.466 e. The molecule has 0 saturated carbocycles. The van der Waals surface area contributed by atoms with E-state index in [9.17, 15) is 9.59 Å². The van der Waals surface area contributed by atoms with Crippen molar-refractivity contribution in [1.29, 1.82) is 0 Å². The lowest BCUT2D eigenvalue weighted by molar-refractivity contribution is 0.0841. The average Bonchev–Trinajstić information content (AvgIpc) is 3.46. The number of nitrogens with zero attached hydrogens (tertiary/aromatic N) is 2. The fourth-order valence-electron chi connectivity index (χ4n) is 2.95. The summed E-state index contributed by atoms with van der Waals surface area (Å²) >= 11 is 1.54. The number of benzene rings is 1. The van der Waals surface area contributed by atoms with E-state index in [1.807, 2.05) is 47.8 Å². The molecule has 2 amide bonds. The molecule has 0 radical (unpaired) electrons. The van der Waals surface area contributed by atoms with Gasteiger partial charge >= 0.3 is 0 Å². The van der Waals surface area contributed by atoms with E-state index in [-0.39, 0.29) is 0 Å². The van der Waals surface area contributed by atoms with Crippen LogP contribution >= 0.6 is 11.3 Å². The quantitative estimate of drug-likeness (QED) is 0.503. The summed E-state index contributed by atoms with van der Waals surface area (Å²) in [7, 11) is 0. The molecule has 0 fully saturated rings. The van der Waals surface area contributed by atoms with E-state index in [0.717, 1.165) is 10.6 Å². The second kappa shape index (κ2) is 7.76. The molecule has 0 unspecified atom stereocenters. The molecule has 0 aliphatic rings. The molecule has 0 aliphatic heterocycles.